The van der Waals surface area contributed by atoms with Crippen LogP contribution in [0.2, 0.25) is 0 Å². The van der Waals surface area contributed by atoms with E-state index in [4.69, 9.17) is 14.2 Å². The van der Waals surface area contributed by atoms with E-state index in [-0.39, 0.29) is 31.1 Å². The molecule has 0 aromatic heterocycles. The largest absolute Gasteiger partial charge is 0.462 e. The molecule has 1 atom stereocenters. The molecular formula is C65H126O6. The minimum absolute atomic E-state index is 0.0612. The van der Waals surface area contributed by atoms with E-state index >= 15 is 0 Å². The van der Waals surface area contributed by atoms with Gasteiger partial charge in [-0.15, -0.1) is 0 Å². The van der Waals surface area contributed by atoms with Crippen molar-refractivity contribution < 1.29 is 28.6 Å². The Morgan fingerprint density at radius 3 is 0.563 bits per heavy atom. The Balaban J connectivity index is 4.09. The maximum atomic E-state index is 12.9. The standard InChI is InChI=1S/C65H126O6/c1-4-7-10-13-16-19-21-23-25-27-29-31-33-35-36-38-40-42-44-46-49-52-55-58-64(67)70-61-62(60-69-63(66)57-54-51-48-18-15-12-9-6-3)71-65(68)59-56-53-50-47-45-43-41-39-37-34-32-30-28-26-24-22-20-17-14-11-8-5-2/h62H,4-61H2,1-3H3. The molecule has 0 N–H and O–H groups in total. The van der Waals surface area contributed by atoms with Crippen LogP contribution in [-0.2, 0) is 28.6 Å². The summed E-state index contributed by atoms with van der Waals surface area (Å²) in [4.78, 5) is 38.1. The number of hydrogen-bond acceptors (Lipinski definition) is 6. The summed E-state index contributed by atoms with van der Waals surface area (Å²) in [5.74, 6) is -0.833. The van der Waals surface area contributed by atoms with Gasteiger partial charge in [0.1, 0.15) is 13.2 Å². The Morgan fingerprint density at radius 1 is 0.225 bits per heavy atom. The summed E-state index contributed by atoms with van der Waals surface area (Å²) in [5, 5.41) is 0. The quantitative estimate of drug-likeness (QED) is 0.0343. The lowest BCUT2D eigenvalue weighted by Gasteiger charge is -2.18. The van der Waals surface area contributed by atoms with Crippen molar-refractivity contribution >= 4 is 17.9 Å². The van der Waals surface area contributed by atoms with Gasteiger partial charge in [-0.3, -0.25) is 14.4 Å². The van der Waals surface area contributed by atoms with Gasteiger partial charge in [-0.05, 0) is 19.3 Å². The van der Waals surface area contributed by atoms with Crippen molar-refractivity contribution in [3.8, 4) is 0 Å². The van der Waals surface area contributed by atoms with Gasteiger partial charge in [-0.2, -0.15) is 0 Å². The second kappa shape index (κ2) is 61.0. The van der Waals surface area contributed by atoms with Gasteiger partial charge in [0.25, 0.3) is 0 Å². The van der Waals surface area contributed by atoms with Gasteiger partial charge in [-0.25, -0.2) is 0 Å². The highest BCUT2D eigenvalue weighted by molar-refractivity contribution is 5.71. The number of esters is 3. The van der Waals surface area contributed by atoms with Gasteiger partial charge in [0.2, 0.25) is 0 Å². The first-order chi connectivity index (χ1) is 35.0. The summed E-state index contributed by atoms with van der Waals surface area (Å²) in [6, 6.07) is 0. The number of carbonyl (C=O) groups is 3. The molecule has 6 heteroatoms. The van der Waals surface area contributed by atoms with Gasteiger partial charge >= 0.3 is 17.9 Å². The number of ether oxygens (including phenoxy) is 3. The number of hydrogen-bond donors (Lipinski definition) is 0. The summed E-state index contributed by atoms with van der Waals surface area (Å²) in [7, 11) is 0. The molecular weight excluding hydrogens is 877 g/mol. The highest BCUT2D eigenvalue weighted by atomic mass is 16.6. The van der Waals surface area contributed by atoms with Crippen molar-refractivity contribution in [2.75, 3.05) is 13.2 Å². The first-order valence-corrected chi connectivity index (χ1v) is 32.5. The van der Waals surface area contributed by atoms with Gasteiger partial charge in [0, 0.05) is 19.3 Å². The van der Waals surface area contributed by atoms with Crippen LogP contribution in [0.5, 0.6) is 0 Å². The maximum absolute atomic E-state index is 12.9. The fourth-order valence-electron chi connectivity index (χ4n) is 10.2. The highest BCUT2D eigenvalue weighted by Gasteiger charge is 2.19. The minimum atomic E-state index is -0.761. The molecule has 0 aliphatic heterocycles. The highest BCUT2D eigenvalue weighted by Crippen LogP contribution is 2.19. The molecule has 422 valence electrons. The summed E-state index contributed by atoms with van der Waals surface area (Å²) in [5.41, 5.74) is 0. The lowest BCUT2D eigenvalue weighted by molar-refractivity contribution is -0.167. The fourth-order valence-corrected chi connectivity index (χ4v) is 10.2. The van der Waals surface area contributed by atoms with Crippen molar-refractivity contribution in [1.29, 1.82) is 0 Å². The second-order valence-electron chi connectivity index (χ2n) is 22.4. The normalized spacial score (nSPS) is 11.9. The molecule has 0 aromatic carbocycles. The number of rotatable bonds is 61. The fraction of sp³-hybridized carbons (Fsp3) is 0.954. The molecule has 0 fully saturated rings. The summed E-state index contributed by atoms with van der Waals surface area (Å²) in [6.07, 6.45) is 70.0. The van der Waals surface area contributed by atoms with E-state index < -0.39 is 6.10 Å². The minimum Gasteiger partial charge on any atom is -0.462 e. The predicted molar refractivity (Wildman–Crippen MR) is 307 cm³/mol. The molecule has 0 bridgehead atoms. The predicted octanol–water partition coefficient (Wildman–Crippen LogP) is 21.9. The van der Waals surface area contributed by atoms with Crippen LogP contribution >= 0.6 is 0 Å². The zero-order valence-corrected chi connectivity index (χ0v) is 48.5. The number of carbonyl (C=O) groups excluding carboxylic acids is 3. The van der Waals surface area contributed by atoms with E-state index in [0.717, 1.165) is 57.8 Å². The maximum Gasteiger partial charge on any atom is 0.306 e. The van der Waals surface area contributed by atoms with Gasteiger partial charge in [0.05, 0.1) is 0 Å². The topological polar surface area (TPSA) is 78.9 Å². The molecule has 0 amide bonds. The molecule has 0 aliphatic rings. The summed E-state index contributed by atoms with van der Waals surface area (Å²) in [6.45, 7) is 6.70. The molecule has 0 heterocycles. The molecule has 0 saturated carbocycles. The van der Waals surface area contributed by atoms with Crippen LogP contribution in [0.4, 0.5) is 0 Å². The van der Waals surface area contributed by atoms with Crippen LogP contribution in [0.3, 0.4) is 0 Å². The molecule has 0 saturated heterocycles. The second-order valence-corrected chi connectivity index (χ2v) is 22.4. The van der Waals surface area contributed by atoms with Crippen LogP contribution in [0.1, 0.15) is 380 Å². The third-order valence-electron chi connectivity index (χ3n) is 15.1. The van der Waals surface area contributed by atoms with Crippen molar-refractivity contribution in [2.45, 2.75) is 386 Å². The number of unbranched alkanes of at least 4 members (excludes halogenated alkanes) is 50. The van der Waals surface area contributed by atoms with E-state index in [9.17, 15) is 14.4 Å². The third kappa shape index (κ3) is 59.2. The lowest BCUT2D eigenvalue weighted by atomic mass is 10.0. The molecule has 0 radical (unpaired) electrons. The molecule has 71 heavy (non-hydrogen) atoms. The van der Waals surface area contributed by atoms with Crippen molar-refractivity contribution in [3.63, 3.8) is 0 Å². The Kier molecular flexibility index (Phi) is 59.6. The monoisotopic (exact) mass is 1000 g/mol. The third-order valence-corrected chi connectivity index (χ3v) is 15.1. The van der Waals surface area contributed by atoms with Crippen LogP contribution in [0.15, 0.2) is 0 Å². The Labute approximate surface area is 444 Å². The molecule has 0 aliphatic carbocycles. The molecule has 0 aromatic rings. The smallest absolute Gasteiger partial charge is 0.306 e. The van der Waals surface area contributed by atoms with Crippen molar-refractivity contribution in [3.05, 3.63) is 0 Å². The van der Waals surface area contributed by atoms with Crippen LogP contribution in [0, 0.1) is 0 Å². The average Bonchev–Trinajstić information content (AvgIpc) is 3.37. The SMILES string of the molecule is CCCCCCCCCCCCCCCCCCCCCCCCCC(=O)OCC(COC(=O)CCCCCCCCCC)OC(=O)CCCCCCCCCCCCCCCCCCCCCCCC. The van der Waals surface area contributed by atoms with E-state index in [0.29, 0.717) is 19.3 Å². The summed E-state index contributed by atoms with van der Waals surface area (Å²) >= 11 is 0. The molecule has 0 spiro atoms. The van der Waals surface area contributed by atoms with Gasteiger partial charge in [-0.1, -0.05) is 342 Å². The van der Waals surface area contributed by atoms with Crippen LogP contribution < -0.4 is 0 Å². The van der Waals surface area contributed by atoms with Crippen molar-refractivity contribution in [1.82, 2.24) is 0 Å². The van der Waals surface area contributed by atoms with Gasteiger partial charge in [0.15, 0.2) is 6.10 Å². The summed E-state index contributed by atoms with van der Waals surface area (Å²) < 4.78 is 16.9. The van der Waals surface area contributed by atoms with E-state index in [1.807, 2.05) is 0 Å². The zero-order valence-electron chi connectivity index (χ0n) is 48.5. The van der Waals surface area contributed by atoms with Crippen molar-refractivity contribution in [2.24, 2.45) is 0 Å². The van der Waals surface area contributed by atoms with Crippen LogP contribution in [-0.4, -0.2) is 37.2 Å². The van der Waals surface area contributed by atoms with Crippen LogP contribution in [0.25, 0.3) is 0 Å². The van der Waals surface area contributed by atoms with E-state index in [2.05, 4.69) is 20.8 Å². The first kappa shape index (κ1) is 69.4. The zero-order chi connectivity index (χ0) is 51.4. The Morgan fingerprint density at radius 2 is 0.380 bits per heavy atom. The molecule has 6 nitrogen and oxygen atoms in total. The van der Waals surface area contributed by atoms with E-state index in [1.54, 1.807) is 0 Å². The Hall–Kier alpha value is -1.59. The van der Waals surface area contributed by atoms with Gasteiger partial charge < -0.3 is 14.2 Å². The lowest BCUT2D eigenvalue weighted by Crippen LogP contribution is -2.30. The first-order valence-electron chi connectivity index (χ1n) is 32.5. The molecule has 0 rings (SSSR count). The average molecular weight is 1000 g/mol. The Bertz CT molecular complexity index is 1060. The van der Waals surface area contributed by atoms with E-state index in [1.165, 1.54) is 283 Å². The molecule has 1 unspecified atom stereocenters.